The highest BCUT2D eigenvalue weighted by molar-refractivity contribution is 6.30. The first kappa shape index (κ1) is 26.2. The molecule has 3 aromatic rings. The third kappa shape index (κ3) is 5.85. The summed E-state index contributed by atoms with van der Waals surface area (Å²) in [7, 11) is 1.59. The van der Waals surface area contributed by atoms with Crippen molar-refractivity contribution in [1.82, 2.24) is 15.2 Å². The lowest BCUT2D eigenvalue weighted by atomic mass is 9.84. The maximum absolute atomic E-state index is 11.8. The number of carbonyl (C=O) groups is 1. The summed E-state index contributed by atoms with van der Waals surface area (Å²) in [5.41, 5.74) is 3.08. The largest absolute Gasteiger partial charge is 0.483 e. The van der Waals surface area contributed by atoms with Gasteiger partial charge in [0.2, 0.25) is 5.88 Å². The van der Waals surface area contributed by atoms with Crippen molar-refractivity contribution in [3.63, 3.8) is 0 Å². The molecule has 0 bridgehead atoms. The van der Waals surface area contributed by atoms with Crippen molar-refractivity contribution in [3.8, 4) is 17.4 Å². The van der Waals surface area contributed by atoms with Gasteiger partial charge < -0.3 is 24.8 Å². The Morgan fingerprint density at radius 2 is 1.97 bits per heavy atom. The maximum atomic E-state index is 11.8. The molecule has 198 valence electrons. The minimum atomic E-state index is -0.808. The second-order valence-corrected chi connectivity index (χ2v) is 10.2. The van der Waals surface area contributed by atoms with E-state index < -0.39 is 5.60 Å². The minimum absolute atomic E-state index is 0.0610. The number of fused-ring (bicyclic) bond motifs is 2. The molecule has 3 heterocycles. The molecule has 1 amide bonds. The highest BCUT2D eigenvalue weighted by atomic mass is 35.5. The van der Waals surface area contributed by atoms with Crippen molar-refractivity contribution >= 4 is 23.1 Å². The van der Waals surface area contributed by atoms with Crippen LogP contribution in [0.5, 0.6) is 17.4 Å². The van der Waals surface area contributed by atoms with Gasteiger partial charge in [-0.15, -0.1) is 0 Å². The molecule has 0 atom stereocenters. The first-order valence-electron chi connectivity index (χ1n) is 12.9. The lowest BCUT2D eigenvalue weighted by molar-refractivity contribution is -0.122. The number of likely N-dealkylation sites (tertiary alicyclic amines) is 1. The number of nitrogens with zero attached hydrogens (tertiary/aromatic N) is 2. The number of ether oxygens (including phenoxy) is 2. The maximum Gasteiger partial charge on any atom is 0.257 e. The molecule has 2 aliphatic rings. The number of benzene rings is 2. The van der Waals surface area contributed by atoms with Gasteiger partial charge in [-0.3, -0.25) is 4.79 Å². The fourth-order valence-corrected chi connectivity index (χ4v) is 5.20. The van der Waals surface area contributed by atoms with Gasteiger partial charge in [0.15, 0.2) is 6.61 Å². The number of allylic oxidation sites excluding steroid dienone is 1. The lowest BCUT2D eigenvalue weighted by Gasteiger charge is -2.38. The Balaban J connectivity index is 1.29. The van der Waals surface area contributed by atoms with Crippen LogP contribution in [0, 0.1) is 0 Å². The molecular formula is C30H32ClN3O4. The van der Waals surface area contributed by atoms with E-state index in [0.29, 0.717) is 41.7 Å². The monoisotopic (exact) mass is 533 g/mol. The molecule has 2 N–H and O–H groups in total. The average molecular weight is 534 g/mol. The fourth-order valence-electron chi connectivity index (χ4n) is 5.07. The van der Waals surface area contributed by atoms with Crippen molar-refractivity contribution in [2.24, 2.45) is 0 Å². The van der Waals surface area contributed by atoms with Crippen LogP contribution in [0.2, 0.25) is 5.02 Å². The summed E-state index contributed by atoms with van der Waals surface area (Å²) < 4.78 is 12.0. The third-order valence-corrected chi connectivity index (χ3v) is 7.57. The Morgan fingerprint density at radius 1 is 1.18 bits per heavy atom. The van der Waals surface area contributed by atoms with Crippen molar-refractivity contribution in [1.29, 1.82) is 0 Å². The molecule has 0 aliphatic carbocycles. The van der Waals surface area contributed by atoms with Crippen LogP contribution in [0.15, 0.2) is 66.9 Å². The molecule has 0 radical (unpaired) electrons. The molecule has 38 heavy (non-hydrogen) atoms. The smallest absolute Gasteiger partial charge is 0.257 e. The molecule has 7 nitrogen and oxygen atoms in total. The van der Waals surface area contributed by atoms with Gasteiger partial charge in [-0.05, 0) is 66.8 Å². The summed E-state index contributed by atoms with van der Waals surface area (Å²) in [6.45, 7) is 2.47. The van der Waals surface area contributed by atoms with Crippen molar-refractivity contribution in [3.05, 3.63) is 88.6 Å². The van der Waals surface area contributed by atoms with E-state index in [1.165, 1.54) is 0 Å². The summed E-state index contributed by atoms with van der Waals surface area (Å²) in [6, 6.07) is 17.1. The van der Waals surface area contributed by atoms with Crippen LogP contribution < -0.4 is 14.8 Å². The van der Waals surface area contributed by atoms with Gasteiger partial charge in [0.1, 0.15) is 11.5 Å². The van der Waals surface area contributed by atoms with Crippen LogP contribution in [0.1, 0.15) is 36.0 Å². The first-order valence-corrected chi connectivity index (χ1v) is 13.3. The molecule has 1 saturated heterocycles. The van der Waals surface area contributed by atoms with Gasteiger partial charge in [-0.1, -0.05) is 35.9 Å². The predicted molar refractivity (Wildman–Crippen MR) is 148 cm³/mol. The van der Waals surface area contributed by atoms with E-state index in [1.807, 2.05) is 54.6 Å². The third-order valence-electron chi connectivity index (χ3n) is 7.32. The number of aromatic nitrogens is 1. The number of rotatable bonds is 7. The Kier molecular flexibility index (Phi) is 7.98. The Bertz CT molecular complexity index is 1320. The summed E-state index contributed by atoms with van der Waals surface area (Å²) in [6.07, 6.45) is 6.79. The zero-order valence-electron chi connectivity index (χ0n) is 21.5. The molecule has 8 heteroatoms. The number of amides is 1. The standard InChI is InChI=1S/C30H32ClN3O4/c1-32-28(35)20-37-26-7-2-8-27-25(26)19-21(24-6-3-15-33-29(24)38-27)5-4-16-34-17-13-30(36,14-18-34)22-9-11-23(31)12-10-22/h2-3,5-12,15,36H,4,13-14,16-20H2,1H3,(H,32,35). The fraction of sp³-hybridized carbons (Fsp3) is 0.333. The van der Waals surface area contributed by atoms with Gasteiger partial charge in [-0.25, -0.2) is 4.98 Å². The minimum Gasteiger partial charge on any atom is -0.483 e. The first-order chi connectivity index (χ1) is 18.4. The number of pyridine rings is 1. The molecule has 0 saturated carbocycles. The van der Waals surface area contributed by atoms with Crippen LogP contribution in [0.25, 0.3) is 5.57 Å². The molecule has 2 aromatic carbocycles. The summed E-state index contributed by atoms with van der Waals surface area (Å²) in [4.78, 5) is 18.6. The van der Waals surface area contributed by atoms with Crippen molar-refractivity contribution in [2.45, 2.75) is 31.3 Å². The number of hydrogen-bond acceptors (Lipinski definition) is 6. The topological polar surface area (TPSA) is 83.9 Å². The molecule has 0 unspecified atom stereocenters. The van der Waals surface area contributed by atoms with E-state index in [1.54, 1.807) is 13.2 Å². The van der Waals surface area contributed by atoms with E-state index in [9.17, 15) is 9.90 Å². The number of hydrogen-bond donors (Lipinski definition) is 2. The second kappa shape index (κ2) is 11.6. The summed E-state index contributed by atoms with van der Waals surface area (Å²) in [5, 5.41) is 14.5. The lowest BCUT2D eigenvalue weighted by Crippen LogP contribution is -2.42. The molecule has 1 fully saturated rings. The number of nitrogens with one attached hydrogen (secondary N) is 1. The zero-order valence-corrected chi connectivity index (χ0v) is 22.2. The Hall–Kier alpha value is -3.39. The quantitative estimate of drug-likeness (QED) is 0.446. The number of halogens is 1. The summed E-state index contributed by atoms with van der Waals surface area (Å²) >= 11 is 6.02. The normalized spacial score (nSPS) is 17.6. The average Bonchev–Trinajstić information content (AvgIpc) is 3.10. The van der Waals surface area contributed by atoms with Crippen LogP contribution >= 0.6 is 11.6 Å². The van der Waals surface area contributed by atoms with Gasteiger partial charge in [0, 0.05) is 55.4 Å². The highest BCUT2D eigenvalue weighted by Crippen LogP contribution is 2.41. The Labute approximate surface area is 228 Å². The summed E-state index contributed by atoms with van der Waals surface area (Å²) in [5.74, 6) is 1.68. The van der Waals surface area contributed by atoms with Crippen LogP contribution in [-0.2, 0) is 16.8 Å². The van der Waals surface area contributed by atoms with Gasteiger partial charge in [0.25, 0.3) is 5.91 Å². The van der Waals surface area contributed by atoms with E-state index >= 15 is 0 Å². The Morgan fingerprint density at radius 3 is 2.74 bits per heavy atom. The van der Waals surface area contributed by atoms with E-state index in [4.69, 9.17) is 21.1 Å². The van der Waals surface area contributed by atoms with Crippen LogP contribution in [-0.4, -0.2) is 54.2 Å². The van der Waals surface area contributed by atoms with Gasteiger partial charge in [0.05, 0.1) is 5.60 Å². The van der Waals surface area contributed by atoms with E-state index in [2.05, 4.69) is 21.3 Å². The highest BCUT2D eigenvalue weighted by Gasteiger charge is 2.33. The molecular weight excluding hydrogens is 502 g/mol. The molecule has 1 aromatic heterocycles. The van der Waals surface area contributed by atoms with Crippen molar-refractivity contribution < 1.29 is 19.4 Å². The van der Waals surface area contributed by atoms with Crippen molar-refractivity contribution in [2.75, 3.05) is 33.3 Å². The SMILES string of the molecule is CNC(=O)COc1cccc2c1CC(=CCCN1CCC(O)(c3ccc(Cl)cc3)CC1)c1cccnc1O2. The van der Waals surface area contributed by atoms with E-state index in [0.717, 1.165) is 48.3 Å². The zero-order chi connectivity index (χ0) is 26.5. The van der Waals surface area contributed by atoms with Crippen LogP contribution in [0.4, 0.5) is 0 Å². The van der Waals surface area contributed by atoms with Crippen LogP contribution in [0.3, 0.4) is 0 Å². The van der Waals surface area contributed by atoms with Gasteiger partial charge >= 0.3 is 0 Å². The molecule has 2 aliphatic heterocycles. The van der Waals surface area contributed by atoms with Gasteiger partial charge in [-0.2, -0.15) is 0 Å². The van der Waals surface area contributed by atoms with E-state index in [-0.39, 0.29) is 12.5 Å². The number of likely N-dealkylation sites (N-methyl/N-ethyl adjacent to an activating group) is 1. The second-order valence-electron chi connectivity index (χ2n) is 9.73. The number of carbonyl (C=O) groups excluding carboxylic acids is 1. The molecule has 0 spiro atoms. The molecule has 5 rings (SSSR count). The predicted octanol–water partition coefficient (Wildman–Crippen LogP) is 4.97. The number of piperidine rings is 1. The number of aliphatic hydroxyl groups is 1.